The van der Waals surface area contributed by atoms with E-state index in [1.165, 1.54) is 18.4 Å². The second-order valence-electron chi connectivity index (χ2n) is 5.13. The molecule has 2 rings (SSSR count). The summed E-state index contributed by atoms with van der Waals surface area (Å²) in [5.41, 5.74) is 4.16. The third-order valence-corrected chi connectivity index (χ3v) is 3.71. The second-order valence-corrected chi connectivity index (χ2v) is 5.13. The molecule has 2 atom stereocenters. The highest BCUT2D eigenvalue weighted by atomic mass is 16.5. The van der Waals surface area contributed by atoms with Crippen LogP contribution in [0.4, 0.5) is 0 Å². The van der Waals surface area contributed by atoms with Crippen molar-refractivity contribution in [3.8, 4) is 5.75 Å². The van der Waals surface area contributed by atoms with Crippen LogP contribution >= 0.6 is 0 Å². The topological polar surface area (TPSA) is 56.5 Å². The molecule has 1 fully saturated rings. The van der Waals surface area contributed by atoms with Crippen LogP contribution < -0.4 is 16.0 Å². The van der Waals surface area contributed by atoms with Crippen LogP contribution in [0.25, 0.3) is 0 Å². The first-order valence-electron chi connectivity index (χ1n) is 7.02. The van der Waals surface area contributed by atoms with Crippen LogP contribution in [0.5, 0.6) is 5.75 Å². The average Bonchev–Trinajstić information content (AvgIpc) is 2.97. The van der Waals surface area contributed by atoms with Crippen molar-refractivity contribution in [1.29, 1.82) is 0 Å². The van der Waals surface area contributed by atoms with Crippen molar-refractivity contribution >= 4 is 0 Å². The fraction of sp³-hybridized carbons (Fsp3) is 0.600. The lowest BCUT2D eigenvalue weighted by molar-refractivity contribution is 0.0996. The molecule has 2 unspecified atom stereocenters. The predicted molar refractivity (Wildman–Crippen MR) is 76.0 cm³/mol. The van der Waals surface area contributed by atoms with Gasteiger partial charge in [-0.2, -0.15) is 0 Å². The third-order valence-electron chi connectivity index (χ3n) is 3.71. The van der Waals surface area contributed by atoms with Gasteiger partial charge in [0.15, 0.2) is 0 Å². The van der Waals surface area contributed by atoms with E-state index in [1.54, 1.807) is 7.11 Å². The number of nitrogens with two attached hydrogens (primary N) is 1. The van der Waals surface area contributed by atoms with E-state index < -0.39 is 0 Å². The number of nitrogens with one attached hydrogen (secondary N) is 1. The average molecular weight is 264 g/mol. The maximum absolute atomic E-state index is 5.65. The summed E-state index contributed by atoms with van der Waals surface area (Å²) in [5, 5.41) is 0. The zero-order valence-corrected chi connectivity index (χ0v) is 11.6. The van der Waals surface area contributed by atoms with E-state index in [-0.39, 0.29) is 6.04 Å². The van der Waals surface area contributed by atoms with Crippen molar-refractivity contribution in [2.24, 2.45) is 5.84 Å². The van der Waals surface area contributed by atoms with Crippen LogP contribution in [0.3, 0.4) is 0 Å². The fourth-order valence-electron chi connectivity index (χ4n) is 2.59. The standard InChI is InChI=1S/C15H24N2O2/c1-18-15-5-2-4-12(11-15)10-13(17-16)7-8-14-6-3-9-19-14/h2,4-5,11,13-14,17H,3,6-10,16H2,1H3. The molecule has 1 aromatic rings. The van der Waals surface area contributed by atoms with Gasteiger partial charge in [0.25, 0.3) is 0 Å². The van der Waals surface area contributed by atoms with E-state index in [1.807, 2.05) is 12.1 Å². The summed E-state index contributed by atoms with van der Waals surface area (Å²) < 4.78 is 10.9. The molecule has 0 spiro atoms. The molecule has 1 aromatic carbocycles. The summed E-state index contributed by atoms with van der Waals surface area (Å²) in [6, 6.07) is 8.44. The SMILES string of the molecule is COc1cccc(CC(CCC2CCCO2)NN)c1. The summed E-state index contributed by atoms with van der Waals surface area (Å²) in [7, 11) is 1.69. The lowest BCUT2D eigenvalue weighted by Gasteiger charge is -2.18. The van der Waals surface area contributed by atoms with Gasteiger partial charge in [0.1, 0.15) is 5.75 Å². The first kappa shape index (κ1) is 14.3. The van der Waals surface area contributed by atoms with Crippen molar-refractivity contribution in [3.05, 3.63) is 29.8 Å². The molecule has 1 aliphatic heterocycles. The Morgan fingerprint density at radius 2 is 2.42 bits per heavy atom. The van der Waals surface area contributed by atoms with Crippen molar-refractivity contribution in [3.63, 3.8) is 0 Å². The normalized spacial score (nSPS) is 20.4. The molecule has 0 aliphatic carbocycles. The number of rotatable bonds is 7. The number of benzene rings is 1. The highest BCUT2D eigenvalue weighted by Crippen LogP contribution is 2.19. The Balaban J connectivity index is 1.83. The minimum absolute atomic E-state index is 0.288. The summed E-state index contributed by atoms with van der Waals surface area (Å²) in [5.74, 6) is 6.55. The fourth-order valence-corrected chi connectivity index (χ4v) is 2.59. The van der Waals surface area contributed by atoms with E-state index in [4.69, 9.17) is 15.3 Å². The van der Waals surface area contributed by atoms with Gasteiger partial charge in [-0.25, -0.2) is 0 Å². The van der Waals surface area contributed by atoms with Gasteiger partial charge in [-0.1, -0.05) is 12.1 Å². The number of hydrazine groups is 1. The van der Waals surface area contributed by atoms with Crippen molar-refractivity contribution in [2.45, 2.75) is 44.2 Å². The van der Waals surface area contributed by atoms with E-state index >= 15 is 0 Å². The molecule has 0 amide bonds. The third kappa shape index (κ3) is 4.49. The van der Waals surface area contributed by atoms with Gasteiger partial charge in [-0.15, -0.1) is 0 Å². The Hall–Kier alpha value is -1.10. The maximum atomic E-state index is 5.65. The predicted octanol–water partition coefficient (Wildman–Crippen LogP) is 2.03. The lowest BCUT2D eigenvalue weighted by atomic mass is 9.99. The van der Waals surface area contributed by atoms with Gasteiger partial charge in [-0.05, 0) is 49.8 Å². The molecule has 1 heterocycles. The molecule has 0 bridgehead atoms. The van der Waals surface area contributed by atoms with Gasteiger partial charge >= 0.3 is 0 Å². The molecule has 0 radical (unpaired) electrons. The van der Waals surface area contributed by atoms with Gasteiger partial charge in [0.05, 0.1) is 13.2 Å². The highest BCUT2D eigenvalue weighted by Gasteiger charge is 2.17. The van der Waals surface area contributed by atoms with Crippen molar-refractivity contribution in [1.82, 2.24) is 5.43 Å². The summed E-state index contributed by atoms with van der Waals surface area (Å²) in [6.07, 6.45) is 5.86. The quantitative estimate of drug-likeness (QED) is 0.584. The minimum Gasteiger partial charge on any atom is -0.497 e. The summed E-state index contributed by atoms with van der Waals surface area (Å²) in [4.78, 5) is 0. The van der Waals surface area contributed by atoms with Gasteiger partial charge in [0.2, 0.25) is 0 Å². The van der Waals surface area contributed by atoms with Crippen molar-refractivity contribution in [2.75, 3.05) is 13.7 Å². The zero-order valence-electron chi connectivity index (χ0n) is 11.6. The van der Waals surface area contributed by atoms with E-state index in [9.17, 15) is 0 Å². The van der Waals surface area contributed by atoms with Crippen LogP contribution in [0.2, 0.25) is 0 Å². The largest absolute Gasteiger partial charge is 0.497 e. The molecule has 3 N–H and O–H groups in total. The van der Waals surface area contributed by atoms with Gasteiger partial charge in [0, 0.05) is 12.6 Å². The number of hydrogen-bond acceptors (Lipinski definition) is 4. The Kier molecular flexibility index (Phi) is 5.63. The lowest BCUT2D eigenvalue weighted by Crippen LogP contribution is -2.37. The van der Waals surface area contributed by atoms with Crippen LogP contribution in [0.15, 0.2) is 24.3 Å². The van der Waals surface area contributed by atoms with Gasteiger partial charge < -0.3 is 9.47 Å². The molecule has 19 heavy (non-hydrogen) atoms. The van der Waals surface area contributed by atoms with Gasteiger partial charge in [-0.3, -0.25) is 11.3 Å². The number of methoxy groups -OCH3 is 1. The van der Waals surface area contributed by atoms with E-state index in [0.29, 0.717) is 6.10 Å². The Morgan fingerprint density at radius 1 is 1.53 bits per heavy atom. The molecule has 4 nitrogen and oxygen atoms in total. The van der Waals surface area contributed by atoms with Crippen LogP contribution in [-0.4, -0.2) is 25.9 Å². The zero-order chi connectivity index (χ0) is 13.5. The minimum atomic E-state index is 0.288. The monoisotopic (exact) mass is 264 g/mol. The molecule has 1 aliphatic rings. The van der Waals surface area contributed by atoms with E-state index in [0.717, 1.165) is 31.6 Å². The van der Waals surface area contributed by atoms with E-state index in [2.05, 4.69) is 17.6 Å². The first-order valence-corrected chi connectivity index (χ1v) is 7.02. The van der Waals surface area contributed by atoms with Crippen molar-refractivity contribution < 1.29 is 9.47 Å². The second kappa shape index (κ2) is 7.48. The van der Waals surface area contributed by atoms with Crippen LogP contribution in [-0.2, 0) is 11.2 Å². The Labute approximate surface area is 115 Å². The summed E-state index contributed by atoms with van der Waals surface area (Å²) >= 11 is 0. The maximum Gasteiger partial charge on any atom is 0.119 e. The highest BCUT2D eigenvalue weighted by molar-refractivity contribution is 5.28. The molecule has 4 heteroatoms. The first-order chi connectivity index (χ1) is 9.31. The molecule has 106 valence electrons. The number of ether oxygens (including phenoxy) is 2. The smallest absolute Gasteiger partial charge is 0.119 e. The molecule has 0 aromatic heterocycles. The summed E-state index contributed by atoms with van der Waals surface area (Å²) in [6.45, 7) is 0.918. The number of hydrogen-bond donors (Lipinski definition) is 2. The molecular weight excluding hydrogens is 240 g/mol. The molecule has 0 saturated carbocycles. The Morgan fingerprint density at radius 3 is 3.11 bits per heavy atom. The molecule has 1 saturated heterocycles. The molecular formula is C15H24N2O2. The van der Waals surface area contributed by atoms with Crippen LogP contribution in [0, 0.1) is 0 Å². The van der Waals surface area contributed by atoms with Crippen LogP contribution in [0.1, 0.15) is 31.2 Å². The Bertz CT molecular complexity index is 378.